The van der Waals surface area contributed by atoms with E-state index in [1.807, 2.05) is 11.0 Å². The maximum Gasteiger partial charge on any atom is 0.255 e. The van der Waals surface area contributed by atoms with Crippen LogP contribution < -0.4 is 11.1 Å². The zero-order valence-corrected chi connectivity index (χ0v) is 20.1. The SMILES string of the molecule is NC(CC(=O)N1CCCCC1c1cc(Cl)ccc1Cl)c1ccc(C(=O)Nc2ccncc2)cc1. The third-order valence-electron chi connectivity index (χ3n) is 6.07. The van der Waals surface area contributed by atoms with Crippen LogP contribution in [-0.4, -0.2) is 28.2 Å². The highest BCUT2D eigenvalue weighted by Crippen LogP contribution is 2.37. The molecule has 0 bridgehead atoms. The molecule has 0 aliphatic carbocycles. The second-order valence-corrected chi connectivity index (χ2v) is 9.23. The van der Waals surface area contributed by atoms with Crippen molar-refractivity contribution in [2.24, 2.45) is 5.73 Å². The molecule has 3 aromatic rings. The molecule has 2 unspecified atom stereocenters. The van der Waals surface area contributed by atoms with Gasteiger partial charge in [-0.3, -0.25) is 14.6 Å². The van der Waals surface area contributed by atoms with Crippen molar-refractivity contribution in [3.63, 3.8) is 0 Å². The molecule has 8 heteroatoms. The summed E-state index contributed by atoms with van der Waals surface area (Å²) in [4.78, 5) is 31.5. The number of nitrogens with two attached hydrogens (primary N) is 1. The number of nitrogens with one attached hydrogen (secondary N) is 1. The van der Waals surface area contributed by atoms with Crippen molar-refractivity contribution in [3.05, 3.63) is 93.7 Å². The number of benzene rings is 2. The van der Waals surface area contributed by atoms with Gasteiger partial charge in [-0.25, -0.2) is 0 Å². The summed E-state index contributed by atoms with van der Waals surface area (Å²) in [5.41, 5.74) is 9.23. The van der Waals surface area contributed by atoms with Gasteiger partial charge >= 0.3 is 0 Å². The highest BCUT2D eigenvalue weighted by atomic mass is 35.5. The predicted molar refractivity (Wildman–Crippen MR) is 135 cm³/mol. The minimum atomic E-state index is -0.484. The van der Waals surface area contributed by atoms with Crippen LogP contribution in [0.1, 0.15) is 59.3 Å². The van der Waals surface area contributed by atoms with E-state index in [9.17, 15) is 9.59 Å². The summed E-state index contributed by atoms with van der Waals surface area (Å²) in [6.45, 7) is 0.660. The second-order valence-electron chi connectivity index (χ2n) is 8.39. The van der Waals surface area contributed by atoms with Crippen LogP contribution in [0.15, 0.2) is 67.0 Å². The van der Waals surface area contributed by atoms with E-state index in [1.54, 1.807) is 60.9 Å². The van der Waals surface area contributed by atoms with Crippen LogP contribution >= 0.6 is 23.2 Å². The molecule has 1 saturated heterocycles. The summed E-state index contributed by atoms with van der Waals surface area (Å²) >= 11 is 12.6. The summed E-state index contributed by atoms with van der Waals surface area (Å²) in [6, 6.07) is 15.2. The van der Waals surface area contributed by atoms with Crippen molar-refractivity contribution in [3.8, 4) is 0 Å². The molecule has 1 fully saturated rings. The van der Waals surface area contributed by atoms with Crippen LogP contribution in [0.5, 0.6) is 0 Å². The van der Waals surface area contributed by atoms with E-state index in [-0.39, 0.29) is 24.3 Å². The van der Waals surface area contributed by atoms with Gasteiger partial charge in [0.25, 0.3) is 5.91 Å². The Kier molecular flexibility index (Phi) is 7.83. The monoisotopic (exact) mass is 496 g/mol. The summed E-state index contributed by atoms with van der Waals surface area (Å²) in [5.74, 6) is -0.246. The number of amides is 2. The molecule has 2 amide bonds. The van der Waals surface area contributed by atoms with Gasteiger partial charge < -0.3 is 16.0 Å². The molecule has 4 rings (SSSR count). The summed E-state index contributed by atoms with van der Waals surface area (Å²) in [6.07, 6.45) is 6.19. The first-order valence-electron chi connectivity index (χ1n) is 11.2. The smallest absolute Gasteiger partial charge is 0.255 e. The Morgan fingerprint density at radius 2 is 1.79 bits per heavy atom. The number of carbonyl (C=O) groups excluding carboxylic acids is 2. The maximum atomic E-state index is 13.2. The zero-order chi connectivity index (χ0) is 24.1. The Morgan fingerprint density at radius 3 is 2.53 bits per heavy atom. The molecule has 0 radical (unpaired) electrons. The molecule has 3 N–H and O–H groups in total. The maximum absolute atomic E-state index is 13.2. The fraction of sp³-hybridized carbons (Fsp3) is 0.269. The van der Waals surface area contributed by atoms with Crippen LogP contribution in [0.2, 0.25) is 10.0 Å². The fourth-order valence-electron chi connectivity index (χ4n) is 4.27. The molecule has 1 aromatic heterocycles. The normalized spacial score (nSPS) is 16.7. The van der Waals surface area contributed by atoms with Crippen molar-refractivity contribution in [2.75, 3.05) is 11.9 Å². The van der Waals surface area contributed by atoms with Gasteiger partial charge in [-0.15, -0.1) is 0 Å². The van der Waals surface area contributed by atoms with Gasteiger partial charge in [-0.2, -0.15) is 0 Å². The van der Waals surface area contributed by atoms with Crippen LogP contribution in [0, 0.1) is 0 Å². The number of piperidine rings is 1. The summed E-state index contributed by atoms with van der Waals surface area (Å²) in [5, 5.41) is 4.03. The van der Waals surface area contributed by atoms with Gasteiger partial charge in [0.15, 0.2) is 0 Å². The zero-order valence-electron chi connectivity index (χ0n) is 18.6. The van der Waals surface area contributed by atoms with Crippen molar-refractivity contribution < 1.29 is 9.59 Å². The molecule has 1 aliphatic rings. The van der Waals surface area contributed by atoms with Crippen molar-refractivity contribution in [2.45, 2.75) is 37.8 Å². The highest BCUT2D eigenvalue weighted by Gasteiger charge is 2.30. The third-order valence-corrected chi connectivity index (χ3v) is 6.65. The minimum absolute atomic E-state index is 0.0206. The van der Waals surface area contributed by atoms with Gasteiger partial charge in [0, 0.05) is 52.7 Å². The number of hydrogen-bond donors (Lipinski definition) is 2. The van der Waals surface area contributed by atoms with E-state index in [0.717, 1.165) is 30.4 Å². The molecule has 176 valence electrons. The molecule has 0 saturated carbocycles. The molecule has 0 spiro atoms. The topological polar surface area (TPSA) is 88.3 Å². The Hall–Kier alpha value is -2.93. The molecule has 2 aromatic carbocycles. The van der Waals surface area contributed by atoms with Gasteiger partial charge in [-0.05, 0) is 72.9 Å². The Morgan fingerprint density at radius 1 is 1.06 bits per heavy atom. The van der Waals surface area contributed by atoms with E-state index in [2.05, 4.69) is 10.3 Å². The van der Waals surface area contributed by atoms with Crippen molar-refractivity contribution in [1.82, 2.24) is 9.88 Å². The first kappa shape index (κ1) is 24.2. The number of carbonyl (C=O) groups is 2. The van der Waals surface area contributed by atoms with Crippen molar-refractivity contribution in [1.29, 1.82) is 0 Å². The molecule has 2 heterocycles. The second kappa shape index (κ2) is 11.0. The molecular weight excluding hydrogens is 471 g/mol. The molecule has 34 heavy (non-hydrogen) atoms. The molecule has 1 aliphatic heterocycles. The average molecular weight is 497 g/mol. The predicted octanol–water partition coefficient (Wildman–Crippen LogP) is 5.78. The van der Waals surface area contributed by atoms with Crippen molar-refractivity contribution >= 4 is 40.7 Å². The lowest BCUT2D eigenvalue weighted by Crippen LogP contribution is -2.39. The summed E-state index contributed by atoms with van der Waals surface area (Å²) in [7, 11) is 0. The summed E-state index contributed by atoms with van der Waals surface area (Å²) < 4.78 is 0. The highest BCUT2D eigenvalue weighted by molar-refractivity contribution is 6.33. The minimum Gasteiger partial charge on any atom is -0.336 e. The lowest BCUT2D eigenvalue weighted by molar-refractivity contribution is -0.135. The van der Waals surface area contributed by atoms with Gasteiger partial charge in [0.05, 0.1) is 6.04 Å². The number of hydrogen-bond acceptors (Lipinski definition) is 4. The Bertz CT molecular complexity index is 1160. The fourth-order valence-corrected chi connectivity index (χ4v) is 4.69. The first-order chi connectivity index (χ1) is 16.4. The number of rotatable bonds is 6. The average Bonchev–Trinajstić information content (AvgIpc) is 2.86. The van der Waals surface area contributed by atoms with E-state index >= 15 is 0 Å². The number of nitrogens with zero attached hydrogens (tertiary/aromatic N) is 2. The number of halogens is 2. The van der Waals surface area contributed by atoms with E-state index in [0.29, 0.717) is 27.8 Å². The Balaban J connectivity index is 1.42. The Labute approximate surface area is 209 Å². The quantitative estimate of drug-likeness (QED) is 0.452. The number of aromatic nitrogens is 1. The van der Waals surface area contributed by atoms with E-state index in [1.165, 1.54) is 0 Å². The lowest BCUT2D eigenvalue weighted by Gasteiger charge is -2.37. The van der Waals surface area contributed by atoms with Gasteiger partial charge in [-0.1, -0.05) is 35.3 Å². The van der Waals surface area contributed by atoms with Gasteiger partial charge in [0.2, 0.25) is 5.91 Å². The lowest BCUT2D eigenvalue weighted by atomic mass is 9.94. The van der Waals surface area contributed by atoms with Crippen LogP contribution in [0.4, 0.5) is 5.69 Å². The number of pyridine rings is 1. The number of anilines is 1. The van der Waals surface area contributed by atoms with E-state index in [4.69, 9.17) is 28.9 Å². The van der Waals surface area contributed by atoms with Crippen LogP contribution in [0.25, 0.3) is 0 Å². The molecular formula is C26H26Cl2N4O2. The van der Waals surface area contributed by atoms with Crippen LogP contribution in [0.3, 0.4) is 0 Å². The van der Waals surface area contributed by atoms with E-state index < -0.39 is 6.04 Å². The largest absolute Gasteiger partial charge is 0.336 e. The van der Waals surface area contributed by atoms with Crippen LogP contribution in [-0.2, 0) is 4.79 Å². The molecule has 2 atom stereocenters. The standard InChI is InChI=1S/C26H26Cl2N4O2/c27-19-8-9-22(28)21(15-19)24-3-1-2-14-32(24)25(33)16-23(29)17-4-6-18(7-5-17)26(34)31-20-10-12-30-13-11-20/h4-13,15,23-24H,1-3,14,16,29H2,(H,30,31,34). The first-order valence-corrected chi connectivity index (χ1v) is 12.0. The van der Waals surface area contributed by atoms with Gasteiger partial charge in [0.1, 0.15) is 0 Å². The third kappa shape index (κ3) is 5.76. The number of likely N-dealkylation sites (tertiary alicyclic amines) is 1. The molecule has 6 nitrogen and oxygen atoms in total.